The first-order valence-corrected chi connectivity index (χ1v) is 9.03. The van der Waals surface area contributed by atoms with Crippen LogP contribution < -0.4 is 10.6 Å². The SMILES string of the molecule is CCNC(=NCc1c(C)nn(CCOC)c1C)NCCCC(C)C.I. The molecule has 0 aliphatic carbocycles. The zero-order valence-corrected chi connectivity index (χ0v) is 19.0. The summed E-state index contributed by atoms with van der Waals surface area (Å²) >= 11 is 0. The summed E-state index contributed by atoms with van der Waals surface area (Å²) in [7, 11) is 1.71. The second-order valence-corrected chi connectivity index (χ2v) is 6.52. The first-order valence-electron chi connectivity index (χ1n) is 9.03. The summed E-state index contributed by atoms with van der Waals surface area (Å²) in [6, 6.07) is 0. The number of ether oxygens (including phenoxy) is 1. The van der Waals surface area contributed by atoms with Gasteiger partial charge in [0.25, 0.3) is 0 Å². The van der Waals surface area contributed by atoms with Crippen LogP contribution in [-0.2, 0) is 17.8 Å². The number of halogens is 1. The monoisotopic (exact) mass is 465 g/mol. The number of aryl methyl sites for hydroxylation is 1. The highest BCUT2D eigenvalue weighted by molar-refractivity contribution is 14.0. The summed E-state index contributed by atoms with van der Waals surface area (Å²) in [6.45, 7) is 14.7. The molecule has 1 aromatic rings. The third kappa shape index (κ3) is 8.89. The van der Waals surface area contributed by atoms with Gasteiger partial charge < -0.3 is 15.4 Å². The molecule has 0 atom stereocenters. The molecule has 0 radical (unpaired) electrons. The van der Waals surface area contributed by atoms with Crippen LogP contribution in [0.4, 0.5) is 0 Å². The standard InChI is InChI=1S/C18H35N5O.HI/c1-7-19-18(20-10-8-9-14(2)3)21-13-17-15(4)22-23(16(17)5)11-12-24-6;/h14H,7-13H2,1-6H3,(H2,19,20,21);1H. The number of methoxy groups -OCH3 is 1. The van der Waals surface area contributed by atoms with Crippen molar-refractivity contribution >= 4 is 29.9 Å². The number of hydrogen-bond acceptors (Lipinski definition) is 3. The van der Waals surface area contributed by atoms with E-state index in [1.807, 2.05) is 11.6 Å². The Balaban J connectivity index is 0.00000576. The van der Waals surface area contributed by atoms with Gasteiger partial charge in [-0.2, -0.15) is 5.10 Å². The molecule has 0 saturated heterocycles. The average Bonchev–Trinajstić information content (AvgIpc) is 2.80. The number of aromatic nitrogens is 2. The first kappa shape index (κ1) is 24.2. The smallest absolute Gasteiger partial charge is 0.191 e. The van der Waals surface area contributed by atoms with E-state index in [2.05, 4.69) is 43.4 Å². The van der Waals surface area contributed by atoms with E-state index in [0.29, 0.717) is 13.2 Å². The van der Waals surface area contributed by atoms with Gasteiger partial charge in [-0.15, -0.1) is 24.0 Å². The minimum Gasteiger partial charge on any atom is -0.383 e. The van der Waals surface area contributed by atoms with Crippen molar-refractivity contribution in [3.05, 3.63) is 17.0 Å². The Morgan fingerprint density at radius 3 is 2.60 bits per heavy atom. The van der Waals surface area contributed by atoms with Gasteiger partial charge in [0.05, 0.1) is 25.4 Å². The van der Waals surface area contributed by atoms with Crippen LogP contribution in [0.3, 0.4) is 0 Å². The highest BCUT2D eigenvalue weighted by Crippen LogP contribution is 2.14. The van der Waals surface area contributed by atoms with Crippen molar-refractivity contribution in [1.29, 1.82) is 0 Å². The lowest BCUT2D eigenvalue weighted by molar-refractivity contribution is 0.182. The zero-order valence-electron chi connectivity index (χ0n) is 16.7. The van der Waals surface area contributed by atoms with Gasteiger partial charge in [-0.05, 0) is 39.5 Å². The second-order valence-electron chi connectivity index (χ2n) is 6.52. The fraction of sp³-hybridized carbons (Fsp3) is 0.778. The molecule has 146 valence electrons. The van der Waals surface area contributed by atoms with Crippen molar-refractivity contribution in [3.63, 3.8) is 0 Å². The fourth-order valence-electron chi connectivity index (χ4n) is 2.58. The predicted octanol–water partition coefficient (Wildman–Crippen LogP) is 3.26. The maximum absolute atomic E-state index is 5.14. The van der Waals surface area contributed by atoms with Crippen LogP contribution >= 0.6 is 24.0 Å². The van der Waals surface area contributed by atoms with Crippen LogP contribution in [0.5, 0.6) is 0 Å². The topological polar surface area (TPSA) is 63.5 Å². The van der Waals surface area contributed by atoms with Crippen molar-refractivity contribution in [2.24, 2.45) is 10.9 Å². The number of hydrogen-bond donors (Lipinski definition) is 2. The second kappa shape index (κ2) is 13.4. The summed E-state index contributed by atoms with van der Waals surface area (Å²) in [5.74, 6) is 1.62. The molecule has 0 aromatic carbocycles. The molecule has 1 aromatic heterocycles. The molecular weight excluding hydrogens is 429 g/mol. The van der Waals surface area contributed by atoms with Crippen molar-refractivity contribution in [2.75, 3.05) is 26.8 Å². The summed E-state index contributed by atoms with van der Waals surface area (Å²) < 4.78 is 7.15. The number of nitrogens with zero attached hydrogens (tertiary/aromatic N) is 3. The van der Waals surface area contributed by atoms with E-state index in [0.717, 1.165) is 43.6 Å². The van der Waals surface area contributed by atoms with E-state index in [9.17, 15) is 0 Å². The third-order valence-electron chi connectivity index (χ3n) is 4.03. The lowest BCUT2D eigenvalue weighted by Crippen LogP contribution is -2.37. The molecule has 0 fully saturated rings. The van der Waals surface area contributed by atoms with Gasteiger partial charge in [0.15, 0.2) is 5.96 Å². The van der Waals surface area contributed by atoms with Gasteiger partial charge in [-0.25, -0.2) is 4.99 Å². The molecule has 25 heavy (non-hydrogen) atoms. The van der Waals surface area contributed by atoms with E-state index in [4.69, 9.17) is 9.73 Å². The van der Waals surface area contributed by atoms with Crippen molar-refractivity contribution in [1.82, 2.24) is 20.4 Å². The van der Waals surface area contributed by atoms with Crippen LogP contribution in [0.15, 0.2) is 4.99 Å². The zero-order chi connectivity index (χ0) is 17.9. The largest absolute Gasteiger partial charge is 0.383 e. The molecular formula is C18H36IN5O. The fourth-order valence-corrected chi connectivity index (χ4v) is 2.58. The normalized spacial score (nSPS) is 11.6. The minimum atomic E-state index is 0. The lowest BCUT2D eigenvalue weighted by Gasteiger charge is -2.12. The van der Waals surface area contributed by atoms with Crippen LogP contribution in [0.25, 0.3) is 0 Å². The highest BCUT2D eigenvalue weighted by Gasteiger charge is 2.11. The van der Waals surface area contributed by atoms with Crippen LogP contribution in [-0.4, -0.2) is 42.5 Å². The van der Waals surface area contributed by atoms with Crippen LogP contribution in [0.2, 0.25) is 0 Å². The van der Waals surface area contributed by atoms with Gasteiger partial charge in [-0.3, -0.25) is 4.68 Å². The molecule has 0 spiro atoms. The molecule has 2 N–H and O–H groups in total. The van der Waals surface area contributed by atoms with E-state index in [1.165, 1.54) is 17.7 Å². The third-order valence-corrected chi connectivity index (χ3v) is 4.03. The summed E-state index contributed by atoms with van der Waals surface area (Å²) in [6.07, 6.45) is 2.39. The van der Waals surface area contributed by atoms with E-state index < -0.39 is 0 Å². The van der Waals surface area contributed by atoms with Gasteiger partial charge >= 0.3 is 0 Å². The molecule has 1 rings (SSSR count). The van der Waals surface area contributed by atoms with Crippen LogP contribution in [0, 0.1) is 19.8 Å². The summed E-state index contributed by atoms with van der Waals surface area (Å²) in [5, 5.41) is 11.3. The van der Waals surface area contributed by atoms with Crippen LogP contribution in [0.1, 0.15) is 50.6 Å². The van der Waals surface area contributed by atoms with Crippen molar-refractivity contribution < 1.29 is 4.74 Å². The number of aliphatic imine (C=N–C) groups is 1. The molecule has 1 heterocycles. The number of guanidine groups is 1. The Labute approximate surface area is 170 Å². The maximum Gasteiger partial charge on any atom is 0.191 e. The Hall–Kier alpha value is -0.830. The average molecular weight is 465 g/mol. The molecule has 0 bridgehead atoms. The molecule has 6 nitrogen and oxygen atoms in total. The quantitative estimate of drug-likeness (QED) is 0.241. The maximum atomic E-state index is 5.14. The predicted molar refractivity (Wildman–Crippen MR) is 116 cm³/mol. The highest BCUT2D eigenvalue weighted by atomic mass is 127. The molecule has 0 unspecified atom stereocenters. The van der Waals surface area contributed by atoms with E-state index in [-0.39, 0.29) is 24.0 Å². The minimum absolute atomic E-state index is 0. The van der Waals surface area contributed by atoms with Gasteiger partial charge in [0.1, 0.15) is 0 Å². The lowest BCUT2D eigenvalue weighted by atomic mass is 10.1. The molecule has 7 heteroatoms. The van der Waals surface area contributed by atoms with Crippen molar-refractivity contribution in [2.45, 2.75) is 60.5 Å². The number of rotatable bonds is 10. The summed E-state index contributed by atoms with van der Waals surface area (Å²) in [5.41, 5.74) is 3.41. The molecule has 0 aliphatic rings. The van der Waals surface area contributed by atoms with E-state index in [1.54, 1.807) is 7.11 Å². The Morgan fingerprint density at radius 1 is 1.28 bits per heavy atom. The first-order chi connectivity index (χ1) is 11.5. The molecule has 0 amide bonds. The Kier molecular flexibility index (Phi) is 12.9. The Bertz CT molecular complexity index is 514. The Morgan fingerprint density at radius 2 is 2.00 bits per heavy atom. The summed E-state index contributed by atoms with van der Waals surface area (Å²) in [4.78, 5) is 4.73. The van der Waals surface area contributed by atoms with Gasteiger partial charge in [0, 0.05) is 31.5 Å². The molecule has 0 aliphatic heterocycles. The van der Waals surface area contributed by atoms with E-state index >= 15 is 0 Å². The molecule has 0 saturated carbocycles. The van der Waals surface area contributed by atoms with Crippen molar-refractivity contribution in [3.8, 4) is 0 Å². The van der Waals surface area contributed by atoms with Gasteiger partial charge in [0.2, 0.25) is 0 Å². The van der Waals surface area contributed by atoms with Gasteiger partial charge in [-0.1, -0.05) is 13.8 Å². The number of nitrogens with one attached hydrogen (secondary N) is 2.